The summed E-state index contributed by atoms with van der Waals surface area (Å²) in [5.74, 6) is 1.18. The molecule has 1 aromatic heterocycles. The molecule has 0 aliphatic carbocycles. The number of aryl methyl sites for hydroxylation is 1. The molecule has 0 amide bonds. The minimum absolute atomic E-state index is 0.297. The van der Waals surface area contributed by atoms with Gasteiger partial charge in [0.2, 0.25) is 11.8 Å². The van der Waals surface area contributed by atoms with E-state index in [1.807, 2.05) is 4.90 Å². The predicted molar refractivity (Wildman–Crippen MR) is 130 cm³/mol. The zero-order valence-electron chi connectivity index (χ0n) is 19.7. The lowest BCUT2D eigenvalue weighted by molar-refractivity contribution is 0.122. The van der Waals surface area contributed by atoms with Crippen molar-refractivity contribution in [3.8, 4) is 0 Å². The Kier molecular flexibility index (Phi) is 6.50. The van der Waals surface area contributed by atoms with Crippen LogP contribution in [-0.2, 0) is 4.74 Å². The molecule has 178 valence electrons. The van der Waals surface area contributed by atoms with Gasteiger partial charge in [0, 0.05) is 71.1 Å². The second-order valence-electron chi connectivity index (χ2n) is 9.01. The van der Waals surface area contributed by atoms with Crippen LogP contribution in [0.3, 0.4) is 0 Å². The minimum atomic E-state index is -0.297. The van der Waals surface area contributed by atoms with Gasteiger partial charge in [-0.05, 0) is 31.0 Å². The van der Waals surface area contributed by atoms with E-state index in [4.69, 9.17) is 14.7 Å². The molecule has 3 saturated heterocycles. The van der Waals surface area contributed by atoms with Crippen molar-refractivity contribution >= 4 is 23.3 Å². The van der Waals surface area contributed by atoms with E-state index in [9.17, 15) is 0 Å². The molecule has 3 fully saturated rings. The largest absolute Gasteiger partial charge is 0.378 e. The lowest BCUT2D eigenvalue weighted by Crippen LogP contribution is -2.48. The molecule has 1 aromatic carbocycles. The molecule has 33 heavy (non-hydrogen) atoms. The Morgan fingerprint density at radius 1 is 0.788 bits per heavy atom. The lowest BCUT2D eigenvalue weighted by atomic mass is 10.1. The summed E-state index contributed by atoms with van der Waals surface area (Å²) >= 11 is 0. The summed E-state index contributed by atoms with van der Waals surface area (Å²) in [6, 6.07) is 6.45. The van der Waals surface area contributed by atoms with Crippen LogP contribution in [0, 0.1) is 19.7 Å². The Hall–Kier alpha value is -2.65. The fraction of sp³-hybridized carbons (Fsp3) is 0.583. The number of hydrogen-bond acceptors (Lipinski definition) is 8. The third-order valence-electron chi connectivity index (χ3n) is 7.01. The number of nitrogens with zero attached hydrogens (tertiary/aromatic N) is 6. The average Bonchev–Trinajstić information content (AvgIpc) is 2.87. The molecule has 9 heteroatoms. The molecule has 8 nitrogen and oxygen atoms in total. The highest BCUT2D eigenvalue weighted by atomic mass is 19.1. The summed E-state index contributed by atoms with van der Waals surface area (Å²) in [5, 5.41) is 3.34. The normalized spacial score (nSPS) is 19.8. The summed E-state index contributed by atoms with van der Waals surface area (Å²) in [7, 11) is 0. The maximum Gasteiger partial charge on any atom is 0.229 e. The number of halogens is 1. The highest BCUT2D eigenvalue weighted by molar-refractivity contribution is 5.60. The van der Waals surface area contributed by atoms with Gasteiger partial charge in [-0.1, -0.05) is 12.1 Å². The van der Waals surface area contributed by atoms with Crippen molar-refractivity contribution in [1.82, 2.24) is 15.3 Å². The SMILES string of the molecule is Cc1cccc(N2CCN(c3nc(N4CCOCC4)nc(N4CCNCC4)c3F)CC2)c1C. The van der Waals surface area contributed by atoms with E-state index >= 15 is 4.39 Å². The van der Waals surface area contributed by atoms with E-state index in [1.165, 1.54) is 16.8 Å². The third kappa shape index (κ3) is 4.56. The number of rotatable bonds is 4. The fourth-order valence-electron chi connectivity index (χ4n) is 4.85. The zero-order valence-corrected chi connectivity index (χ0v) is 19.7. The maximum atomic E-state index is 15.8. The number of ether oxygens (including phenoxy) is 1. The van der Waals surface area contributed by atoms with Crippen LogP contribution in [0.25, 0.3) is 0 Å². The lowest BCUT2D eigenvalue weighted by Gasteiger charge is -2.38. The molecule has 4 heterocycles. The Labute approximate surface area is 195 Å². The molecule has 0 bridgehead atoms. The number of anilines is 4. The Bertz CT molecular complexity index is 968. The molecule has 3 aliphatic heterocycles. The Morgan fingerprint density at radius 2 is 1.39 bits per heavy atom. The summed E-state index contributed by atoms with van der Waals surface area (Å²) in [6.07, 6.45) is 0. The van der Waals surface area contributed by atoms with Crippen molar-refractivity contribution in [1.29, 1.82) is 0 Å². The number of aromatic nitrogens is 2. The van der Waals surface area contributed by atoms with E-state index in [-0.39, 0.29) is 5.82 Å². The van der Waals surface area contributed by atoms with Crippen molar-refractivity contribution < 1.29 is 9.13 Å². The Morgan fingerprint density at radius 3 is 2.06 bits per heavy atom. The van der Waals surface area contributed by atoms with Crippen LogP contribution in [0.4, 0.5) is 27.7 Å². The third-order valence-corrected chi connectivity index (χ3v) is 7.01. The van der Waals surface area contributed by atoms with Gasteiger partial charge < -0.3 is 29.7 Å². The number of hydrogen-bond donors (Lipinski definition) is 1. The second-order valence-corrected chi connectivity index (χ2v) is 9.01. The topological polar surface area (TPSA) is 60.0 Å². The van der Waals surface area contributed by atoms with Gasteiger partial charge in [-0.15, -0.1) is 0 Å². The molecule has 0 atom stereocenters. The average molecular weight is 456 g/mol. The molecule has 2 aromatic rings. The van der Waals surface area contributed by atoms with Gasteiger partial charge in [0.25, 0.3) is 0 Å². The van der Waals surface area contributed by atoms with E-state index in [0.717, 1.165) is 65.4 Å². The zero-order chi connectivity index (χ0) is 22.8. The summed E-state index contributed by atoms with van der Waals surface area (Å²) in [5.41, 5.74) is 3.88. The van der Waals surface area contributed by atoms with Gasteiger partial charge in [-0.3, -0.25) is 0 Å². The maximum absolute atomic E-state index is 15.8. The smallest absolute Gasteiger partial charge is 0.229 e. The summed E-state index contributed by atoms with van der Waals surface area (Å²) in [4.78, 5) is 18.1. The highest BCUT2D eigenvalue weighted by Gasteiger charge is 2.29. The quantitative estimate of drug-likeness (QED) is 0.749. The van der Waals surface area contributed by atoms with Gasteiger partial charge in [0.1, 0.15) is 0 Å². The first-order valence-electron chi connectivity index (χ1n) is 12.0. The second kappa shape index (κ2) is 9.69. The molecule has 0 saturated carbocycles. The van der Waals surface area contributed by atoms with Crippen LogP contribution in [0.1, 0.15) is 11.1 Å². The van der Waals surface area contributed by atoms with Crippen molar-refractivity contribution in [2.45, 2.75) is 13.8 Å². The van der Waals surface area contributed by atoms with Gasteiger partial charge in [0.15, 0.2) is 11.6 Å². The van der Waals surface area contributed by atoms with Crippen molar-refractivity contribution in [3.05, 3.63) is 35.1 Å². The molecular formula is C24H34FN7O. The van der Waals surface area contributed by atoms with Crippen molar-refractivity contribution in [2.75, 3.05) is 98.3 Å². The fourth-order valence-corrected chi connectivity index (χ4v) is 4.85. The van der Waals surface area contributed by atoms with Crippen LogP contribution in [0.15, 0.2) is 18.2 Å². The van der Waals surface area contributed by atoms with Crippen molar-refractivity contribution in [3.63, 3.8) is 0 Å². The number of piperazine rings is 2. The van der Waals surface area contributed by atoms with Gasteiger partial charge in [-0.2, -0.15) is 14.4 Å². The van der Waals surface area contributed by atoms with E-state index in [2.05, 4.69) is 52.1 Å². The first-order chi connectivity index (χ1) is 16.1. The first kappa shape index (κ1) is 22.2. The van der Waals surface area contributed by atoms with Gasteiger partial charge in [0.05, 0.1) is 13.2 Å². The van der Waals surface area contributed by atoms with Crippen LogP contribution in [0.5, 0.6) is 0 Å². The number of nitrogens with one attached hydrogen (secondary N) is 1. The molecular weight excluding hydrogens is 421 g/mol. The predicted octanol–water partition coefficient (Wildman–Crippen LogP) is 1.81. The molecule has 0 spiro atoms. The molecule has 3 aliphatic rings. The molecule has 0 unspecified atom stereocenters. The molecule has 1 N–H and O–H groups in total. The standard InChI is InChI=1S/C24H34FN7O/c1-18-4-3-5-20(19(18)2)29-10-12-31(13-11-29)23-21(25)22(30-8-6-26-7-9-30)27-24(28-23)32-14-16-33-17-15-32/h3-5,26H,6-17H2,1-2H3. The van der Waals surface area contributed by atoms with Crippen LogP contribution in [0.2, 0.25) is 0 Å². The van der Waals surface area contributed by atoms with Crippen molar-refractivity contribution in [2.24, 2.45) is 0 Å². The Balaban J connectivity index is 1.41. The molecule has 5 rings (SSSR count). The number of morpholine rings is 1. The van der Waals surface area contributed by atoms with Crippen LogP contribution >= 0.6 is 0 Å². The summed E-state index contributed by atoms with van der Waals surface area (Å²) in [6.45, 7) is 13.4. The first-order valence-corrected chi connectivity index (χ1v) is 12.0. The van der Waals surface area contributed by atoms with Gasteiger partial charge >= 0.3 is 0 Å². The van der Waals surface area contributed by atoms with E-state index < -0.39 is 0 Å². The number of benzene rings is 1. The monoisotopic (exact) mass is 455 g/mol. The highest BCUT2D eigenvalue weighted by Crippen LogP contribution is 2.31. The van der Waals surface area contributed by atoms with E-state index in [0.29, 0.717) is 30.8 Å². The summed E-state index contributed by atoms with van der Waals surface area (Å²) < 4.78 is 21.3. The minimum Gasteiger partial charge on any atom is -0.378 e. The van der Waals surface area contributed by atoms with Crippen LogP contribution in [-0.4, -0.2) is 88.6 Å². The van der Waals surface area contributed by atoms with Crippen LogP contribution < -0.4 is 24.9 Å². The van der Waals surface area contributed by atoms with E-state index in [1.54, 1.807) is 0 Å². The van der Waals surface area contributed by atoms with Gasteiger partial charge in [-0.25, -0.2) is 0 Å². The molecule has 0 radical (unpaired) electrons.